The Bertz CT molecular complexity index is 1140. The zero-order valence-electron chi connectivity index (χ0n) is 26.2. The molecule has 4 aliphatic carbocycles. The van der Waals surface area contributed by atoms with E-state index in [9.17, 15) is 9.90 Å². The van der Waals surface area contributed by atoms with Crippen molar-refractivity contribution >= 4 is 5.91 Å². The number of carbonyl (C=O) groups excluding carboxylic acids is 1. The minimum absolute atomic E-state index is 0.0605. The summed E-state index contributed by atoms with van der Waals surface area (Å²) in [6.07, 6.45) is 20.0. The van der Waals surface area contributed by atoms with E-state index in [0.717, 1.165) is 81.2 Å². The van der Waals surface area contributed by atoms with Gasteiger partial charge < -0.3 is 19.5 Å². The molecule has 2 bridgehead atoms. The fraction of sp³-hybridized carbons (Fsp3) is 0.806. The van der Waals surface area contributed by atoms with Crippen molar-refractivity contribution in [2.24, 2.45) is 17.8 Å². The summed E-state index contributed by atoms with van der Waals surface area (Å²) in [4.78, 5) is 19.1. The highest BCUT2D eigenvalue weighted by molar-refractivity contribution is 5.77. The van der Waals surface area contributed by atoms with Crippen LogP contribution < -0.4 is 9.47 Å². The average Bonchev–Trinajstić information content (AvgIpc) is 3.76. The molecule has 1 spiro atoms. The fourth-order valence-corrected chi connectivity index (χ4v) is 10.1. The van der Waals surface area contributed by atoms with Crippen LogP contribution in [0.15, 0.2) is 6.07 Å². The minimum atomic E-state index is -0.145. The maximum atomic E-state index is 14.0. The summed E-state index contributed by atoms with van der Waals surface area (Å²) in [5.74, 6) is 4.45. The van der Waals surface area contributed by atoms with E-state index in [1.165, 1.54) is 69.9 Å². The predicted molar refractivity (Wildman–Crippen MR) is 165 cm³/mol. The van der Waals surface area contributed by atoms with Gasteiger partial charge in [-0.15, -0.1) is 0 Å². The van der Waals surface area contributed by atoms with E-state index in [4.69, 9.17) is 9.47 Å². The zero-order valence-corrected chi connectivity index (χ0v) is 26.2. The van der Waals surface area contributed by atoms with Gasteiger partial charge in [0, 0.05) is 48.2 Å². The number of piperidine rings is 1. The van der Waals surface area contributed by atoms with Gasteiger partial charge >= 0.3 is 0 Å². The number of benzene rings is 1. The molecule has 0 unspecified atom stereocenters. The molecule has 1 aromatic carbocycles. The van der Waals surface area contributed by atoms with Gasteiger partial charge in [-0.05, 0) is 75.7 Å². The van der Waals surface area contributed by atoms with E-state index in [-0.39, 0.29) is 17.6 Å². The number of unbranched alkanes of at least 4 members (excludes halogenated alkanes) is 2. The summed E-state index contributed by atoms with van der Waals surface area (Å²) >= 11 is 0. The van der Waals surface area contributed by atoms with Gasteiger partial charge in [-0.2, -0.15) is 0 Å². The molecule has 1 aromatic rings. The molecular formula is C36H54N2O4. The highest BCUT2D eigenvalue weighted by atomic mass is 16.5. The normalized spacial score (nSPS) is 31.9. The van der Waals surface area contributed by atoms with Crippen LogP contribution in [0, 0.1) is 17.8 Å². The Morgan fingerprint density at radius 1 is 1.10 bits per heavy atom. The Labute approximate surface area is 253 Å². The maximum Gasteiger partial charge on any atom is 0.222 e. The van der Waals surface area contributed by atoms with Crippen molar-refractivity contribution in [2.75, 3.05) is 26.7 Å². The SMILES string of the molecule is CCCCN(C(=O)CCCCC1CCCCC1)[C@@H]1CC[C@H]2[C@H]3Cc4c(O)cc(OC)c5c4[C@@]2(CCN3CC2CC2)[C@H]1O5. The molecule has 232 valence electrons. The Balaban J connectivity index is 1.16. The second kappa shape index (κ2) is 11.9. The lowest BCUT2D eigenvalue weighted by molar-refractivity contribution is -0.143. The summed E-state index contributed by atoms with van der Waals surface area (Å²) in [6, 6.07) is 2.31. The van der Waals surface area contributed by atoms with Crippen LogP contribution in [0.25, 0.3) is 0 Å². The molecule has 1 amide bonds. The molecule has 3 saturated carbocycles. The first-order valence-electron chi connectivity index (χ1n) is 17.7. The highest BCUT2D eigenvalue weighted by Crippen LogP contribution is 2.66. The molecule has 7 rings (SSSR count). The first kappa shape index (κ1) is 28.8. The number of phenolic OH excluding ortho intramolecular Hbond substituents is 1. The number of rotatable bonds is 12. The lowest BCUT2D eigenvalue weighted by Crippen LogP contribution is -2.69. The summed E-state index contributed by atoms with van der Waals surface area (Å²) in [5.41, 5.74) is 2.18. The predicted octanol–water partition coefficient (Wildman–Crippen LogP) is 6.99. The van der Waals surface area contributed by atoms with Crippen LogP contribution >= 0.6 is 0 Å². The quantitative estimate of drug-likeness (QED) is 0.271. The second-order valence-electron chi connectivity index (χ2n) is 14.8. The van der Waals surface area contributed by atoms with Crippen molar-refractivity contribution in [3.8, 4) is 17.2 Å². The van der Waals surface area contributed by atoms with E-state index in [1.54, 1.807) is 13.2 Å². The van der Waals surface area contributed by atoms with Crippen molar-refractivity contribution in [3.05, 3.63) is 17.2 Å². The van der Waals surface area contributed by atoms with Crippen LogP contribution in [-0.2, 0) is 16.6 Å². The third-order valence-electron chi connectivity index (χ3n) is 12.4. The number of phenols is 1. The number of carbonyl (C=O) groups is 1. The van der Waals surface area contributed by atoms with Gasteiger partial charge in [-0.1, -0.05) is 58.3 Å². The Morgan fingerprint density at radius 3 is 2.69 bits per heavy atom. The average molecular weight is 579 g/mol. The molecular weight excluding hydrogens is 524 g/mol. The second-order valence-corrected chi connectivity index (χ2v) is 14.8. The number of aromatic hydroxyl groups is 1. The lowest BCUT2D eigenvalue weighted by Gasteiger charge is -2.60. The molecule has 4 fully saturated rings. The van der Waals surface area contributed by atoms with Gasteiger partial charge in [0.25, 0.3) is 0 Å². The molecule has 5 atom stereocenters. The number of hydrogen-bond donors (Lipinski definition) is 1. The van der Waals surface area contributed by atoms with E-state index in [1.807, 2.05) is 0 Å². The van der Waals surface area contributed by atoms with Crippen molar-refractivity contribution in [1.29, 1.82) is 0 Å². The van der Waals surface area contributed by atoms with Gasteiger partial charge in [-0.25, -0.2) is 0 Å². The Kier molecular flexibility index (Phi) is 8.13. The summed E-state index contributed by atoms with van der Waals surface area (Å²) in [6.45, 7) is 5.34. The molecule has 6 aliphatic rings. The van der Waals surface area contributed by atoms with Crippen LogP contribution in [0.5, 0.6) is 17.2 Å². The van der Waals surface area contributed by atoms with E-state index in [0.29, 0.717) is 35.8 Å². The van der Waals surface area contributed by atoms with Crippen molar-refractivity contribution < 1.29 is 19.4 Å². The summed E-state index contributed by atoms with van der Waals surface area (Å²) < 4.78 is 12.9. The first-order chi connectivity index (χ1) is 20.5. The van der Waals surface area contributed by atoms with Gasteiger partial charge in [-0.3, -0.25) is 9.69 Å². The van der Waals surface area contributed by atoms with Crippen molar-refractivity contribution in [3.63, 3.8) is 0 Å². The van der Waals surface area contributed by atoms with E-state index >= 15 is 0 Å². The number of nitrogens with zero attached hydrogens (tertiary/aromatic N) is 2. The van der Waals surface area contributed by atoms with Crippen LogP contribution in [-0.4, -0.2) is 65.7 Å². The number of hydrogen-bond acceptors (Lipinski definition) is 5. The lowest BCUT2D eigenvalue weighted by atomic mass is 9.50. The number of methoxy groups -OCH3 is 1. The molecule has 1 N–H and O–H groups in total. The van der Waals surface area contributed by atoms with Crippen LogP contribution in [0.1, 0.15) is 121 Å². The molecule has 6 nitrogen and oxygen atoms in total. The number of likely N-dealkylation sites (tertiary alicyclic amines) is 1. The Hall–Kier alpha value is -1.95. The number of amides is 1. The van der Waals surface area contributed by atoms with Crippen molar-refractivity contribution in [2.45, 2.75) is 140 Å². The van der Waals surface area contributed by atoms with Gasteiger partial charge in [0.05, 0.1) is 13.2 Å². The van der Waals surface area contributed by atoms with Crippen LogP contribution in [0.2, 0.25) is 0 Å². The summed E-state index contributed by atoms with van der Waals surface area (Å²) in [7, 11) is 1.68. The number of ether oxygens (including phenoxy) is 2. The van der Waals surface area contributed by atoms with Crippen LogP contribution in [0.4, 0.5) is 0 Å². The van der Waals surface area contributed by atoms with Gasteiger partial charge in [0.2, 0.25) is 5.91 Å². The fourth-order valence-electron chi connectivity index (χ4n) is 10.1. The molecule has 2 aliphatic heterocycles. The maximum absolute atomic E-state index is 14.0. The van der Waals surface area contributed by atoms with E-state index < -0.39 is 0 Å². The molecule has 42 heavy (non-hydrogen) atoms. The van der Waals surface area contributed by atoms with Crippen molar-refractivity contribution in [1.82, 2.24) is 9.80 Å². The Morgan fingerprint density at radius 2 is 1.93 bits per heavy atom. The monoisotopic (exact) mass is 578 g/mol. The van der Waals surface area contributed by atoms with Crippen LogP contribution in [0.3, 0.4) is 0 Å². The van der Waals surface area contributed by atoms with E-state index in [2.05, 4.69) is 16.7 Å². The van der Waals surface area contributed by atoms with Gasteiger partial charge in [0.15, 0.2) is 11.5 Å². The molecule has 0 aromatic heterocycles. The molecule has 2 heterocycles. The standard InChI is InChI=1S/C36H54N2O4/c1-3-4-19-38(32(40)13-9-8-12-24-10-6-5-7-11-24)28-17-16-27-29-21-26-30(39)22-31(41-2)34-33(26)36(27,35(28)42-34)18-20-37(29)23-25-14-15-25/h22,24-25,27-29,35,39H,3-21,23H2,1-2H3/t27-,28+,29+,35-,36-/m0/s1. The van der Waals surface area contributed by atoms with Gasteiger partial charge in [0.1, 0.15) is 11.9 Å². The zero-order chi connectivity index (χ0) is 28.8. The minimum Gasteiger partial charge on any atom is -0.508 e. The molecule has 0 radical (unpaired) electrons. The highest BCUT2D eigenvalue weighted by Gasteiger charge is 2.67. The smallest absolute Gasteiger partial charge is 0.222 e. The largest absolute Gasteiger partial charge is 0.508 e. The summed E-state index contributed by atoms with van der Waals surface area (Å²) in [5, 5.41) is 11.3. The third kappa shape index (κ3) is 4.92. The third-order valence-corrected chi connectivity index (χ3v) is 12.4. The first-order valence-corrected chi connectivity index (χ1v) is 17.7. The molecule has 1 saturated heterocycles. The topological polar surface area (TPSA) is 62.2 Å². The molecule has 6 heteroatoms.